The standard InChI is InChI=1S/C21H19FN2O2/c1-14-9-15(2)11-18(10-14)23-21(26)17-7-8-20(25)24(13-17)12-16-5-3-4-6-19(16)22/h3-11,13H,12H2,1-2H3,(H,23,26). The summed E-state index contributed by atoms with van der Waals surface area (Å²) in [6.07, 6.45) is 1.45. The molecule has 0 aliphatic heterocycles. The second-order valence-corrected chi connectivity index (χ2v) is 6.31. The Morgan fingerprint density at radius 3 is 2.42 bits per heavy atom. The lowest BCUT2D eigenvalue weighted by molar-refractivity contribution is 0.102. The first-order chi connectivity index (χ1) is 12.4. The second-order valence-electron chi connectivity index (χ2n) is 6.31. The van der Waals surface area contributed by atoms with Crippen LogP contribution in [-0.4, -0.2) is 10.5 Å². The van der Waals surface area contributed by atoms with Gasteiger partial charge >= 0.3 is 0 Å². The van der Waals surface area contributed by atoms with E-state index in [4.69, 9.17) is 0 Å². The lowest BCUT2D eigenvalue weighted by atomic mass is 10.1. The maximum absolute atomic E-state index is 13.8. The summed E-state index contributed by atoms with van der Waals surface area (Å²) >= 11 is 0. The first kappa shape index (κ1) is 17.6. The number of halogens is 1. The molecule has 3 rings (SSSR count). The number of hydrogen-bond acceptors (Lipinski definition) is 2. The van der Waals surface area contributed by atoms with Crippen LogP contribution in [0.5, 0.6) is 0 Å². The van der Waals surface area contributed by atoms with Gasteiger partial charge in [-0.3, -0.25) is 9.59 Å². The van der Waals surface area contributed by atoms with Crippen molar-refractivity contribution >= 4 is 11.6 Å². The van der Waals surface area contributed by atoms with E-state index in [2.05, 4.69) is 5.32 Å². The zero-order valence-electron chi connectivity index (χ0n) is 14.6. The van der Waals surface area contributed by atoms with E-state index in [9.17, 15) is 14.0 Å². The third-order valence-electron chi connectivity index (χ3n) is 4.02. The molecule has 3 aromatic rings. The summed E-state index contributed by atoms with van der Waals surface area (Å²) in [5, 5.41) is 2.83. The SMILES string of the molecule is Cc1cc(C)cc(NC(=O)c2ccc(=O)n(Cc3ccccc3F)c2)c1. The molecule has 0 saturated carbocycles. The summed E-state index contributed by atoms with van der Waals surface area (Å²) in [6, 6.07) is 14.8. The highest BCUT2D eigenvalue weighted by atomic mass is 19.1. The molecule has 1 heterocycles. The average Bonchev–Trinajstić information content (AvgIpc) is 2.57. The van der Waals surface area contributed by atoms with Crippen molar-refractivity contribution in [2.24, 2.45) is 0 Å². The molecule has 0 unspecified atom stereocenters. The van der Waals surface area contributed by atoms with Crippen molar-refractivity contribution in [1.29, 1.82) is 0 Å². The Kier molecular flexibility index (Phi) is 4.98. The molecule has 1 N–H and O–H groups in total. The van der Waals surface area contributed by atoms with E-state index < -0.39 is 0 Å². The summed E-state index contributed by atoms with van der Waals surface area (Å²) in [7, 11) is 0. The van der Waals surface area contributed by atoms with Gasteiger partial charge in [0.05, 0.1) is 12.1 Å². The predicted octanol–water partition coefficient (Wildman–Crippen LogP) is 3.90. The van der Waals surface area contributed by atoms with Gasteiger partial charge in [-0.2, -0.15) is 0 Å². The van der Waals surface area contributed by atoms with Crippen LogP contribution < -0.4 is 10.9 Å². The quantitative estimate of drug-likeness (QED) is 0.776. The van der Waals surface area contributed by atoms with Crippen LogP contribution in [0.3, 0.4) is 0 Å². The molecule has 0 spiro atoms. The number of anilines is 1. The van der Waals surface area contributed by atoms with Crippen LogP contribution in [0.15, 0.2) is 65.6 Å². The van der Waals surface area contributed by atoms with Crippen molar-refractivity contribution in [3.8, 4) is 0 Å². The van der Waals surface area contributed by atoms with E-state index >= 15 is 0 Å². The number of aryl methyl sites for hydroxylation is 2. The molecular formula is C21H19FN2O2. The fourth-order valence-electron chi connectivity index (χ4n) is 2.85. The summed E-state index contributed by atoms with van der Waals surface area (Å²) < 4.78 is 15.2. The molecule has 5 heteroatoms. The number of amides is 1. The molecule has 2 aromatic carbocycles. The number of rotatable bonds is 4. The van der Waals surface area contributed by atoms with Gasteiger partial charge in [-0.15, -0.1) is 0 Å². The Balaban J connectivity index is 1.85. The number of benzene rings is 2. The van der Waals surface area contributed by atoms with Gasteiger partial charge in [-0.1, -0.05) is 24.3 Å². The van der Waals surface area contributed by atoms with Crippen molar-refractivity contribution in [2.75, 3.05) is 5.32 Å². The minimum absolute atomic E-state index is 0.0657. The minimum atomic E-state index is -0.385. The summed E-state index contributed by atoms with van der Waals surface area (Å²) in [5.41, 5.74) is 3.21. The third-order valence-corrected chi connectivity index (χ3v) is 4.02. The fourth-order valence-corrected chi connectivity index (χ4v) is 2.85. The van der Waals surface area contributed by atoms with Gasteiger partial charge in [0.25, 0.3) is 11.5 Å². The Morgan fingerprint density at radius 2 is 1.73 bits per heavy atom. The molecule has 0 aliphatic rings. The van der Waals surface area contributed by atoms with Crippen LogP contribution in [0, 0.1) is 19.7 Å². The van der Waals surface area contributed by atoms with Crippen molar-refractivity contribution in [3.63, 3.8) is 0 Å². The van der Waals surface area contributed by atoms with Gasteiger partial charge in [0.2, 0.25) is 0 Å². The molecule has 0 atom stereocenters. The van der Waals surface area contributed by atoms with Gasteiger partial charge in [-0.05, 0) is 49.2 Å². The zero-order valence-corrected chi connectivity index (χ0v) is 14.6. The number of nitrogens with zero attached hydrogens (tertiary/aromatic N) is 1. The first-order valence-electron chi connectivity index (χ1n) is 8.26. The molecule has 132 valence electrons. The number of carbonyl (C=O) groups excluding carboxylic acids is 1. The monoisotopic (exact) mass is 350 g/mol. The van der Waals surface area contributed by atoms with Crippen molar-refractivity contribution < 1.29 is 9.18 Å². The molecule has 0 bridgehead atoms. The van der Waals surface area contributed by atoms with Crippen LogP contribution in [0.4, 0.5) is 10.1 Å². The second kappa shape index (κ2) is 7.35. The lowest BCUT2D eigenvalue weighted by Crippen LogP contribution is -2.23. The van der Waals surface area contributed by atoms with Crippen LogP contribution >= 0.6 is 0 Å². The highest BCUT2D eigenvalue weighted by Crippen LogP contribution is 2.15. The summed E-state index contributed by atoms with van der Waals surface area (Å²) in [6.45, 7) is 3.98. The normalized spacial score (nSPS) is 10.6. The molecule has 0 radical (unpaired) electrons. The van der Waals surface area contributed by atoms with Crippen molar-refractivity contribution in [3.05, 3.63) is 99.2 Å². The number of carbonyl (C=O) groups is 1. The van der Waals surface area contributed by atoms with E-state index in [1.165, 1.54) is 29.0 Å². The van der Waals surface area contributed by atoms with Crippen molar-refractivity contribution in [2.45, 2.75) is 20.4 Å². The van der Waals surface area contributed by atoms with Gasteiger partial charge in [0.15, 0.2) is 0 Å². The Hall–Kier alpha value is -3.21. The predicted molar refractivity (Wildman–Crippen MR) is 100 cm³/mol. The maximum Gasteiger partial charge on any atom is 0.257 e. The molecule has 1 aromatic heterocycles. The van der Waals surface area contributed by atoms with E-state index in [0.29, 0.717) is 16.8 Å². The van der Waals surface area contributed by atoms with Gasteiger partial charge in [0, 0.05) is 23.5 Å². The molecule has 4 nitrogen and oxygen atoms in total. The Morgan fingerprint density at radius 1 is 1.04 bits per heavy atom. The van der Waals surface area contributed by atoms with E-state index in [0.717, 1.165) is 11.1 Å². The van der Waals surface area contributed by atoms with Gasteiger partial charge in [0.1, 0.15) is 5.82 Å². The number of hydrogen-bond donors (Lipinski definition) is 1. The lowest BCUT2D eigenvalue weighted by Gasteiger charge is -2.10. The van der Waals surface area contributed by atoms with Crippen LogP contribution in [-0.2, 0) is 6.54 Å². The van der Waals surface area contributed by atoms with Gasteiger partial charge < -0.3 is 9.88 Å². The minimum Gasteiger partial charge on any atom is -0.322 e. The number of nitrogens with one attached hydrogen (secondary N) is 1. The van der Waals surface area contributed by atoms with Crippen molar-refractivity contribution in [1.82, 2.24) is 4.57 Å². The highest BCUT2D eigenvalue weighted by Gasteiger charge is 2.10. The number of pyridine rings is 1. The molecule has 26 heavy (non-hydrogen) atoms. The molecule has 0 fully saturated rings. The number of aromatic nitrogens is 1. The zero-order chi connectivity index (χ0) is 18.7. The van der Waals surface area contributed by atoms with Crippen LogP contribution in [0.2, 0.25) is 0 Å². The van der Waals surface area contributed by atoms with Crippen LogP contribution in [0.1, 0.15) is 27.0 Å². The molecular weight excluding hydrogens is 331 g/mol. The largest absolute Gasteiger partial charge is 0.322 e. The summed E-state index contributed by atoms with van der Waals surface area (Å²) in [5.74, 6) is -0.707. The smallest absolute Gasteiger partial charge is 0.257 e. The average molecular weight is 350 g/mol. The van der Waals surface area contributed by atoms with E-state index in [-0.39, 0.29) is 23.8 Å². The first-order valence-corrected chi connectivity index (χ1v) is 8.26. The van der Waals surface area contributed by atoms with Crippen LogP contribution in [0.25, 0.3) is 0 Å². The fraction of sp³-hybridized carbons (Fsp3) is 0.143. The Bertz CT molecular complexity index is 1000. The highest BCUT2D eigenvalue weighted by molar-refractivity contribution is 6.04. The third kappa shape index (κ3) is 4.06. The molecule has 0 aliphatic carbocycles. The molecule has 1 amide bonds. The topological polar surface area (TPSA) is 51.1 Å². The Labute approximate surface area is 150 Å². The maximum atomic E-state index is 13.8. The van der Waals surface area contributed by atoms with Gasteiger partial charge in [-0.25, -0.2) is 4.39 Å². The van der Waals surface area contributed by atoms with E-state index in [1.807, 2.05) is 32.0 Å². The van der Waals surface area contributed by atoms with E-state index in [1.54, 1.807) is 18.2 Å². The molecule has 0 saturated heterocycles. The summed E-state index contributed by atoms with van der Waals surface area (Å²) in [4.78, 5) is 24.6.